The third-order valence-electron chi connectivity index (χ3n) is 4.74. The van der Waals surface area contributed by atoms with Crippen LogP contribution >= 0.6 is 11.6 Å². The molecular weight excluding hydrogens is 349 g/mol. The van der Waals surface area contributed by atoms with Gasteiger partial charge in [-0.2, -0.15) is 0 Å². The van der Waals surface area contributed by atoms with Gasteiger partial charge < -0.3 is 26.9 Å². The molecule has 5 nitrogen and oxygen atoms in total. The first kappa shape index (κ1) is 19.3. The van der Waals surface area contributed by atoms with Gasteiger partial charge in [-0.25, -0.2) is 0 Å². The number of nitrogens with one attached hydrogen (secondary N) is 1. The predicted octanol–water partition coefficient (Wildman–Crippen LogP) is -2.32. The molecule has 2 aliphatic heterocycles. The minimum atomic E-state index is -0.431. The molecule has 0 aromatic heterocycles. The van der Waals surface area contributed by atoms with Gasteiger partial charge in [0.25, 0.3) is 5.91 Å². The van der Waals surface area contributed by atoms with Gasteiger partial charge in [0, 0.05) is 31.1 Å². The number of piperazine rings is 1. The van der Waals surface area contributed by atoms with Gasteiger partial charge >= 0.3 is 0 Å². The van der Waals surface area contributed by atoms with Gasteiger partial charge in [-0.1, -0.05) is 11.6 Å². The first-order chi connectivity index (χ1) is 11.0. The predicted molar refractivity (Wildman–Crippen MR) is 91.6 cm³/mol. The maximum atomic E-state index is 12.5. The molecule has 134 valence electrons. The number of halogens is 2. The zero-order valence-electron chi connectivity index (χ0n) is 14.2. The molecule has 1 aromatic rings. The minimum absolute atomic E-state index is 0. The third-order valence-corrected chi connectivity index (χ3v) is 4.97. The lowest BCUT2D eigenvalue weighted by atomic mass is 10.1. The molecule has 7 heteroatoms. The molecule has 0 bridgehead atoms. The van der Waals surface area contributed by atoms with E-state index < -0.39 is 6.10 Å². The topological polar surface area (TPSA) is 37.2 Å². The van der Waals surface area contributed by atoms with Crippen molar-refractivity contribution in [3.8, 4) is 5.75 Å². The highest BCUT2D eigenvalue weighted by molar-refractivity contribution is 6.31. The Bertz CT molecular complexity index is 577. The van der Waals surface area contributed by atoms with E-state index in [4.69, 9.17) is 16.3 Å². The van der Waals surface area contributed by atoms with Gasteiger partial charge in [0.1, 0.15) is 5.75 Å². The maximum Gasteiger partial charge on any atom is 0.267 e. The molecule has 0 radical (unpaired) electrons. The van der Waals surface area contributed by atoms with Crippen molar-refractivity contribution in [1.82, 2.24) is 4.90 Å². The standard InChI is InChI=1S/C17H24ClN3O2.ClH/c1-13-17(22)21(15-12-14(18)4-5-16(15)23-13)7-3-6-20-10-8-19(2)9-11-20;/h4-5,12-13H,3,6-11H2,1-2H3;1H. The van der Waals surface area contributed by atoms with Gasteiger partial charge in [0.05, 0.1) is 25.3 Å². The fourth-order valence-electron chi connectivity index (χ4n) is 3.28. The lowest BCUT2D eigenvalue weighted by molar-refractivity contribution is -0.904. The molecule has 1 aromatic carbocycles. The fourth-order valence-corrected chi connectivity index (χ4v) is 3.45. The largest absolute Gasteiger partial charge is 1.00 e. The summed E-state index contributed by atoms with van der Waals surface area (Å²) in [6.07, 6.45) is 0.559. The van der Waals surface area contributed by atoms with Crippen LogP contribution in [0.1, 0.15) is 13.3 Å². The van der Waals surface area contributed by atoms with Crippen molar-refractivity contribution in [2.45, 2.75) is 19.4 Å². The van der Waals surface area contributed by atoms with Gasteiger partial charge in [0.2, 0.25) is 0 Å². The highest BCUT2D eigenvalue weighted by Gasteiger charge is 2.31. The van der Waals surface area contributed by atoms with Crippen molar-refractivity contribution in [3.63, 3.8) is 0 Å². The summed E-state index contributed by atoms with van der Waals surface area (Å²) in [4.78, 5) is 18.3. The Labute approximate surface area is 154 Å². The summed E-state index contributed by atoms with van der Waals surface area (Å²) in [5.74, 6) is 0.765. The van der Waals surface area contributed by atoms with Gasteiger partial charge in [-0.05, 0) is 32.2 Å². The van der Waals surface area contributed by atoms with Gasteiger partial charge in [0.15, 0.2) is 6.10 Å². The van der Waals surface area contributed by atoms with Crippen LogP contribution in [0.5, 0.6) is 5.75 Å². The Morgan fingerprint density at radius 1 is 1.33 bits per heavy atom. The Morgan fingerprint density at radius 2 is 2.04 bits per heavy atom. The Balaban J connectivity index is 0.00000208. The molecular formula is C17H25Cl2N3O2. The van der Waals surface area contributed by atoms with E-state index in [9.17, 15) is 4.79 Å². The molecule has 0 saturated carbocycles. The first-order valence-electron chi connectivity index (χ1n) is 8.34. The molecule has 3 rings (SSSR count). The molecule has 1 unspecified atom stereocenters. The number of ether oxygens (including phenoxy) is 1. The number of amides is 1. The van der Waals surface area contributed by atoms with Gasteiger partial charge in [-0.3, -0.25) is 9.69 Å². The van der Waals surface area contributed by atoms with E-state index in [1.807, 2.05) is 17.0 Å². The Morgan fingerprint density at radius 3 is 2.75 bits per heavy atom. The van der Waals surface area contributed by atoms with Crippen molar-refractivity contribution in [2.75, 3.05) is 51.2 Å². The van der Waals surface area contributed by atoms with Crippen LogP contribution in [0.2, 0.25) is 5.02 Å². The highest BCUT2D eigenvalue weighted by Crippen LogP contribution is 2.36. The van der Waals surface area contributed by atoms with E-state index in [0.717, 1.165) is 44.0 Å². The van der Waals surface area contributed by atoms with E-state index in [1.165, 1.54) is 13.1 Å². The number of nitrogens with zero attached hydrogens (tertiary/aromatic N) is 2. The molecule has 24 heavy (non-hydrogen) atoms. The molecule has 2 aliphatic rings. The SMILES string of the molecule is CC1Oc2ccc(Cl)cc2N(CCC[NH+]2CCN(C)CC2)C1=O.[Cl-]. The minimum Gasteiger partial charge on any atom is -1.00 e. The first-order valence-corrected chi connectivity index (χ1v) is 8.72. The molecule has 1 amide bonds. The maximum absolute atomic E-state index is 12.5. The second kappa shape index (κ2) is 8.39. The van der Waals surface area contributed by atoms with Crippen LogP contribution in [-0.2, 0) is 4.79 Å². The molecule has 1 fully saturated rings. The number of benzene rings is 1. The fraction of sp³-hybridized carbons (Fsp3) is 0.588. The second-order valence-electron chi connectivity index (χ2n) is 6.52. The van der Waals surface area contributed by atoms with Crippen LogP contribution in [0.3, 0.4) is 0 Å². The molecule has 1 saturated heterocycles. The van der Waals surface area contributed by atoms with E-state index in [2.05, 4.69) is 11.9 Å². The smallest absolute Gasteiger partial charge is 0.267 e. The lowest BCUT2D eigenvalue weighted by Gasteiger charge is -2.34. The van der Waals surface area contributed by atoms with Crippen LogP contribution in [0.15, 0.2) is 18.2 Å². The molecule has 2 heterocycles. The summed E-state index contributed by atoms with van der Waals surface area (Å²) in [5.41, 5.74) is 0.800. The van der Waals surface area contributed by atoms with Crippen LogP contribution in [0, 0.1) is 0 Å². The number of carbonyl (C=O) groups is 1. The normalized spacial score (nSPS) is 21.9. The number of anilines is 1. The Kier molecular flexibility index (Phi) is 6.75. The summed E-state index contributed by atoms with van der Waals surface area (Å²) < 4.78 is 5.68. The zero-order chi connectivity index (χ0) is 16.4. The highest BCUT2D eigenvalue weighted by atomic mass is 35.5. The third kappa shape index (κ3) is 4.33. The summed E-state index contributed by atoms with van der Waals surface area (Å²) >= 11 is 6.09. The Hall–Kier alpha value is -1.01. The number of fused-ring (bicyclic) bond motifs is 1. The number of hydrogen-bond donors (Lipinski definition) is 1. The van der Waals surface area contributed by atoms with Crippen LogP contribution in [0.25, 0.3) is 0 Å². The summed E-state index contributed by atoms with van der Waals surface area (Å²) in [5, 5.41) is 0.629. The van der Waals surface area contributed by atoms with E-state index in [-0.39, 0.29) is 18.3 Å². The van der Waals surface area contributed by atoms with Crippen molar-refractivity contribution in [2.24, 2.45) is 0 Å². The molecule has 1 atom stereocenters. The quantitative estimate of drug-likeness (QED) is 0.643. The number of hydrogen-bond acceptors (Lipinski definition) is 3. The molecule has 1 N–H and O–H groups in total. The average molecular weight is 374 g/mol. The number of likely N-dealkylation sites (N-methyl/N-ethyl adjacent to an activating group) is 1. The van der Waals surface area contributed by atoms with Crippen molar-refractivity contribution >= 4 is 23.2 Å². The average Bonchev–Trinajstić information content (AvgIpc) is 2.53. The summed E-state index contributed by atoms with van der Waals surface area (Å²) in [7, 11) is 2.17. The van der Waals surface area contributed by atoms with E-state index in [0.29, 0.717) is 5.02 Å². The van der Waals surface area contributed by atoms with E-state index >= 15 is 0 Å². The number of carbonyl (C=O) groups excluding carboxylic acids is 1. The number of quaternary nitrogens is 1. The van der Waals surface area contributed by atoms with Crippen molar-refractivity contribution in [3.05, 3.63) is 23.2 Å². The van der Waals surface area contributed by atoms with Crippen molar-refractivity contribution in [1.29, 1.82) is 0 Å². The lowest BCUT2D eigenvalue weighted by Crippen LogP contribution is -3.14. The van der Waals surface area contributed by atoms with Crippen LogP contribution in [0.4, 0.5) is 5.69 Å². The molecule has 0 aliphatic carbocycles. The monoisotopic (exact) mass is 373 g/mol. The molecule has 0 spiro atoms. The summed E-state index contributed by atoms with van der Waals surface area (Å²) in [6, 6.07) is 5.47. The van der Waals surface area contributed by atoms with Crippen molar-refractivity contribution < 1.29 is 26.8 Å². The van der Waals surface area contributed by atoms with Crippen LogP contribution in [-0.4, -0.2) is 63.2 Å². The van der Waals surface area contributed by atoms with E-state index in [1.54, 1.807) is 17.9 Å². The van der Waals surface area contributed by atoms with Crippen LogP contribution < -0.4 is 26.9 Å². The van der Waals surface area contributed by atoms with Gasteiger partial charge in [-0.15, -0.1) is 0 Å². The number of rotatable bonds is 4. The summed E-state index contributed by atoms with van der Waals surface area (Å²) in [6.45, 7) is 8.31. The second-order valence-corrected chi connectivity index (χ2v) is 6.96. The zero-order valence-corrected chi connectivity index (χ0v) is 15.7.